The largest absolute Gasteiger partial charge is 0.355 e. The van der Waals surface area contributed by atoms with Gasteiger partial charge in [0.15, 0.2) is 0 Å². The molecular weight excluding hydrogens is 381 g/mol. The molecule has 1 aromatic carbocycles. The first-order valence-electron chi connectivity index (χ1n) is 9.96. The number of carbonyl (C=O) groups is 1. The summed E-state index contributed by atoms with van der Waals surface area (Å²) >= 11 is 0. The highest BCUT2D eigenvalue weighted by Gasteiger charge is 2.38. The molecule has 1 N–H and O–H groups in total. The van der Waals surface area contributed by atoms with E-state index in [1.807, 2.05) is 12.1 Å². The van der Waals surface area contributed by atoms with Crippen LogP contribution in [0.4, 0.5) is 4.39 Å². The van der Waals surface area contributed by atoms with Crippen LogP contribution < -0.4 is 5.32 Å². The molecule has 6 nitrogen and oxygen atoms in total. The van der Waals surface area contributed by atoms with Crippen molar-refractivity contribution in [1.82, 2.24) is 13.9 Å². The van der Waals surface area contributed by atoms with Crippen molar-refractivity contribution < 1.29 is 17.6 Å². The Morgan fingerprint density at radius 1 is 1.21 bits per heavy atom. The molecule has 1 aliphatic heterocycles. The second kappa shape index (κ2) is 8.47. The van der Waals surface area contributed by atoms with Gasteiger partial charge >= 0.3 is 0 Å². The summed E-state index contributed by atoms with van der Waals surface area (Å²) in [4.78, 5) is 12.8. The summed E-state index contributed by atoms with van der Waals surface area (Å²) in [5.41, 5.74) is 0.903. The van der Waals surface area contributed by atoms with E-state index in [1.54, 1.807) is 0 Å². The molecule has 156 valence electrons. The van der Waals surface area contributed by atoms with Crippen LogP contribution in [0.25, 0.3) is 0 Å². The molecule has 0 bridgehead atoms. The Hall–Kier alpha value is -1.51. The summed E-state index contributed by atoms with van der Waals surface area (Å²) in [5.74, 6) is -0.687. The number of carbonyl (C=O) groups excluding carboxylic acids is 1. The first kappa shape index (κ1) is 21.2. The first-order valence-corrected chi connectivity index (χ1v) is 11.4. The van der Waals surface area contributed by atoms with Gasteiger partial charge in [-0.05, 0) is 43.4 Å². The number of piperidine rings is 1. The van der Waals surface area contributed by atoms with Crippen LogP contribution in [-0.4, -0.2) is 56.7 Å². The summed E-state index contributed by atoms with van der Waals surface area (Å²) in [5, 5.41) is 3.08. The topological polar surface area (TPSA) is 69.7 Å². The van der Waals surface area contributed by atoms with Crippen molar-refractivity contribution in [2.75, 3.05) is 33.7 Å². The molecule has 2 aliphatic rings. The fourth-order valence-electron chi connectivity index (χ4n) is 4.42. The molecule has 0 aromatic heterocycles. The Kier molecular flexibility index (Phi) is 6.41. The number of nitrogens with zero attached hydrogens (tertiary/aromatic N) is 2. The highest BCUT2D eigenvalue weighted by atomic mass is 32.2. The highest BCUT2D eigenvalue weighted by Crippen LogP contribution is 2.40. The molecule has 0 unspecified atom stereocenters. The number of amides is 1. The third-order valence-corrected chi connectivity index (χ3v) is 8.07. The van der Waals surface area contributed by atoms with Crippen LogP contribution in [0.1, 0.15) is 44.1 Å². The minimum atomic E-state index is -3.50. The van der Waals surface area contributed by atoms with E-state index in [-0.39, 0.29) is 29.6 Å². The first-order chi connectivity index (χ1) is 13.2. The summed E-state index contributed by atoms with van der Waals surface area (Å²) in [6.45, 7) is 1.17. The van der Waals surface area contributed by atoms with E-state index in [2.05, 4.69) is 5.32 Å². The monoisotopic (exact) mass is 411 g/mol. The quantitative estimate of drug-likeness (QED) is 0.781. The van der Waals surface area contributed by atoms with E-state index < -0.39 is 10.2 Å². The van der Waals surface area contributed by atoms with E-state index in [9.17, 15) is 17.6 Å². The predicted octanol–water partition coefficient (Wildman–Crippen LogP) is 2.27. The maximum atomic E-state index is 13.3. The van der Waals surface area contributed by atoms with Crippen molar-refractivity contribution >= 4 is 16.1 Å². The summed E-state index contributed by atoms with van der Waals surface area (Å²) in [6.07, 6.45) is 5.47. The van der Waals surface area contributed by atoms with Gasteiger partial charge in [0, 0.05) is 39.1 Å². The maximum Gasteiger partial charge on any atom is 0.281 e. The van der Waals surface area contributed by atoms with Gasteiger partial charge in [-0.15, -0.1) is 0 Å². The van der Waals surface area contributed by atoms with Crippen LogP contribution in [0.15, 0.2) is 24.3 Å². The normalized spacial score (nSPS) is 23.1. The zero-order chi connectivity index (χ0) is 20.4. The minimum absolute atomic E-state index is 0.0907. The van der Waals surface area contributed by atoms with Crippen molar-refractivity contribution in [3.8, 4) is 0 Å². The number of benzene rings is 1. The average molecular weight is 412 g/mol. The van der Waals surface area contributed by atoms with Crippen LogP contribution >= 0.6 is 0 Å². The van der Waals surface area contributed by atoms with Gasteiger partial charge in [-0.3, -0.25) is 4.79 Å². The van der Waals surface area contributed by atoms with Gasteiger partial charge in [0.25, 0.3) is 10.2 Å². The Morgan fingerprint density at radius 3 is 2.46 bits per heavy atom. The highest BCUT2D eigenvalue weighted by molar-refractivity contribution is 7.86. The van der Waals surface area contributed by atoms with E-state index in [4.69, 9.17) is 0 Å². The van der Waals surface area contributed by atoms with Crippen LogP contribution in [0, 0.1) is 11.7 Å². The molecule has 3 rings (SSSR count). The number of rotatable bonds is 6. The molecule has 1 saturated carbocycles. The lowest BCUT2D eigenvalue weighted by molar-refractivity contribution is -0.126. The van der Waals surface area contributed by atoms with Crippen LogP contribution in [0.2, 0.25) is 0 Å². The van der Waals surface area contributed by atoms with E-state index >= 15 is 0 Å². The van der Waals surface area contributed by atoms with E-state index in [0.717, 1.165) is 31.2 Å². The van der Waals surface area contributed by atoms with Gasteiger partial charge in [0.1, 0.15) is 5.82 Å². The Bertz CT molecular complexity index is 789. The van der Waals surface area contributed by atoms with Crippen molar-refractivity contribution in [3.05, 3.63) is 35.6 Å². The van der Waals surface area contributed by atoms with Crippen molar-refractivity contribution in [1.29, 1.82) is 0 Å². The zero-order valence-corrected chi connectivity index (χ0v) is 17.5. The van der Waals surface area contributed by atoms with Gasteiger partial charge in [0.2, 0.25) is 5.91 Å². The lowest BCUT2D eigenvalue weighted by atomic mass is 9.78. The van der Waals surface area contributed by atoms with Gasteiger partial charge in [-0.1, -0.05) is 25.0 Å². The van der Waals surface area contributed by atoms with Crippen molar-refractivity contribution in [2.45, 2.75) is 43.9 Å². The summed E-state index contributed by atoms with van der Waals surface area (Å²) < 4.78 is 40.7. The van der Waals surface area contributed by atoms with Crippen LogP contribution in [-0.2, 0) is 20.4 Å². The third kappa shape index (κ3) is 4.39. The number of hydrogen-bond acceptors (Lipinski definition) is 3. The zero-order valence-electron chi connectivity index (χ0n) is 16.7. The standard InChI is InChI=1S/C20H30FN3O3S/c1-23(2)28(26,27)24-13-5-6-16(14-24)19(25)22-15-20(11-3-4-12-20)17-7-9-18(21)10-8-17/h7-10,16H,3-6,11-15H2,1-2H3,(H,22,25)/t16-/m0/s1. The van der Waals surface area contributed by atoms with Crippen LogP contribution in [0.5, 0.6) is 0 Å². The summed E-state index contributed by atoms with van der Waals surface area (Å²) in [6, 6.07) is 6.59. The molecule has 1 aromatic rings. The molecule has 1 atom stereocenters. The van der Waals surface area contributed by atoms with E-state index in [1.165, 1.54) is 34.8 Å². The van der Waals surface area contributed by atoms with Crippen molar-refractivity contribution in [2.24, 2.45) is 5.92 Å². The smallest absolute Gasteiger partial charge is 0.281 e. The molecule has 1 amide bonds. The SMILES string of the molecule is CN(C)S(=O)(=O)N1CCC[C@H](C(=O)NCC2(c3ccc(F)cc3)CCCC2)C1. The molecule has 0 radical (unpaired) electrons. The second-order valence-electron chi connectivity index (χ2n) is 8.20. The number of halogens is 1. The molecule has 28 heavy (non-hydrogen) atoms. The Labute approximate surface area is 167 Å². The maximum absolute atomic E-state index is 13.3. The average Bonchev–Trinajstić information content (AvgIpc) is 3.16. The number of nitrogens with one attached hydrogen (secondary N) is 1. The molecule has 0 spiro atoms. The van der Waals surface area contributed by atoms with E-state index in [0.29, 0.717) is 25.9 Å². The second-order valence-corrected chi connectivity index (χ2v) is 10.3. The summed E-state index contributed by atoms with van der Waals surface area (Å²) in [7, 11) is -0.494. The van der Waals surface area contributed by atoms with Crippen molar-refractivity contribution in [3.63, 3.8) is 0 Å². The molecule has 1 saturated heterocycles. The van der Waals surface area contributed by atoms with Crippen LogP contribution in [0.3, 0.4) is 0 Å². The fraction of sp³-hybridized carbons (Fsp3) is 0.650. The van der Waals surface area contributed by atoms with Gasteiger partial charge in [-0.25, -0.2) is 4.39 Å². The fourth-order valence-corrected chi connectivity index (χ4v) is 5.61. The van der Waals surface area contributed by atoms with Gasteiger partial charge in [-0.2, -0.15) is 17.0 Å². The lowest BCUT2D eigenvalue weighted by Crippen LogP contribution is -2.50. The lowest BCUT2D eigenvalue weighted by Gasteiger charge is -2.34. The molecule has 8 heteroatoms. The molecular formula is C20H30FN3O3S. The molecule has 1 heterocycles. The Morgan fingerprint density at radius 2 is 1.86 bits per heavy atom. The Balaban J connectivity index is 1.66. The molecule has 2 fully saturated rings. The van der Waals surface area contributed by atoms with Gasteiger partial charge < -0.3 is 5.32 Å². The third-order valence-electron chi connectivity index (χ3n) is 6.16. The predicted molar refractivity (Wildman–Crippen MR) is 106 cm³/mol. The van der Waals surface area contributed by atoms with Gasteiger partial charge in [0.05, 0.1) is 5.92 Å². The minimum Gasteiger partial charge on any atom is -0.355 e. The number of hydrogen-bond donors (Lipinski definition) is 1. The molecule has 1 aliphatic carbocycles.